The van der Waals surface area contributed by atoms with Gasteiger partial charge in [-0.3, -0.25) is 0 Å². The zero-order valence-corrected chi connectivity index (χ0v) is 11.5. The Morgan fingerprint density at radius 2 is 1.33 bits per heavy atom. The zero-order valence-electron chi connectivity index (χ0n) is 11.5. The normalized spacial score (nSPS) is 31.3. The minimum Gasteiger partial charge on any atom is -0.348 e. The Hall–Kier alpha value is -0.120. The van der Waals surface area contributed by atoms with E-state index in [2.05, 4.69) is 4.90 Å². The minimum absolute atomic E-state index is 0.181. The van der Waals surface area contributed by atoms with Crippen LogP contribution in [0.4, 0.5) is 0 Å². The number of hydrogen-bond donors (Lipinski definition) is 0. The molecule has 0 unspecified atom stereocenters. The number of nitrogens with zero attached hydrogens (tertiary/aromatic N) is 1. The van der Waals surface area contributed by atoms with Crippen LogP contribution in [0.2, 0.25) is 0 Å². The molecule has 104 valence electrons. The third kappa shape index (κ3) is 2.89. The van der Waals surface area contributed by atoms with Crippen molar-refractivity contribution >= 4 is 0 Å². The fraction of sp³-hybridized carbons (Fsp3) is 1.00. The minimum atomic E-state index is -0.181. The van der Waals surface area contributed by atoms with Gasteiger partial charge in [-0.2, -0.15) is 0 Å². The lowest BCUT2D eigenvalue weighted by Crippen LogP contribution is -2.45. The first-order valence-corrected chi connectivity index (χ1v) is 7.90. The second-order valence-corrected chi connectivity index (χ2v) is 6.14. The summed E-state index contributed by atoms with van der Waals surface area (Å²) in [5.74, 6) is -0.181. The van der Waals surface area contributed by atoms with Crippen molar-refractivity contribution in [3.05, 3.63) is 0 Å². The topological polar surface area (TPSA) is 21.7 Å². The van der Waals surface area contributed by atoms with Gasteiger partial charge < -0.3 is 14.4 Å². The monoisotopic (exact) mass is 253 g/mol. The van der Waals surface area contributed by atoms with E-state index in [0.717, 1.165) is 32.1 Å². The Bertz CT molecular complexity index is 245. The molecular formula is C15H27NO2. The molecule has 0 aromatic rings. The predicted octanol–water partition coefficient (Wildman–Crippen LogP) is 2.94. The van der Waals surface area contributed by atoms with Crippen LogP contribution >= 0.6 is 0 Å². The molecule has 3 fully saturated rings. The van der Waals surface area contributed by atoms with E-state index in [4.69, 9.17) is 9.47 Å². The van der Waals surface area contributed by atoms with Crippen molar-refractivity contribution in [2.24, 2.45) is 0 Å². The Morgan fingerprint density at radius 1 is 0.778 bits per heavy atom. The van der Waals surface area contributed by atoms with Gasteiger partial charge in [-0.05, 0) is 38.8 Å². The summed E-state index contributed by atoms with van der Waals surface area (Å²) in [6, 6.07) is 0.793. The summed E-state index contributed by atoms with van der Waals surface area (Å²) in [5, 5.41) is 0. The SMILES string of the molecule is C1CCCN(C2CCC3(CC2)OCCO3)CCC1. The molecule has 18 heavy (non-hydrogen) atoms. The molecule has 0 aromatic carbocycles. The Labute approximate surface area is 111 Å². The fourth-order valence-corrected chi connectivity index (χ4v) is 3.83. The number of likely N-dealkylation sites (tertiary alicyclic amines) is 1. The van der Waals surface area contributed by atoms with E-state index < -0.39 is 0 Å². The van der Waals surface area contributed by atoms with Crippen molar-refractivity contribution in [3.63, 3.8) is 0 Å². The molecule has 0 atom stereocenters. The highest BCUT2D eigenvalue weighted by molar-refractivity contribution is 4.87. The van der Waals surface area contributed by atoms with Gasteiger partial charge >= 0.3 is 0 Å². The smallest absolute Gasteiger partial charge is 0.168 e. The molecule has 3 aliphatic rings. The predicted molar refractivity (Wildman–Crippen MR) is 71.5 cm³/mol. The van der Waals surface area contributed by atoms with Crippen LogP contribution < -0.4 is 0 Å². The van der Waals surface area contributed by atoms with E-state index in [1.807, 2.05) is 0 Å². The second-order valence-electron chi connectivity index (χ2n) is 6.14. The van der Waals surface area contributed by atoms with Crippen LogP contribution in [0, 0.1) is 0 Å². The van der Waals surface area contributed by atoms with Gasteiger partial charge in [-0.1, -0.05) is 19.3 Å². The van der Waals surface area contributed by atoms with Crippen LogP contribution in [-0.2, 0) is 9.47 Å². The first-order chi connectivity index (χ1) is 8.88. The average Bonchev–Trinajstić information content (AvgIpc) is 2.79. The molecule has 3 nitrogen and oxygen atoms in total. The highest BCUT2D eigenvalue weighted by Gasteiger charge is 2.41. The fourth-order valence-electron chi connectivity index (χ4n) is 3.83. The highest BCUT2D eigenvalue weighted by Crippen LogP contribution is 2.37. The molecule has 0 aromatic heterocycles. The van der Waals surface area contributed by atoms with E-state index in [-0.39, 0.29) is 5.79 Å². The third-order valence-corrected chi connectivity index (χ3v) is 4.94. The molecule has 2 heterocycles. The van der Waals surface area contributed by atoms with Gasteiger partial charge in [0.2, 0.25) is 0 Å². The quantitative estimate of drug-likeness (QED) is 0.717. The van der Waals surface area contributed by atoms with E-state index in [9.17, 15) is 0 Å². The largest absolute Gasteiger partial charge is 0.348 e. The van der Waals surface area contributed by atoms with Crippen LogP contribution in [-0.4, -0.2) is 43.0 Å². The molecule has 0 bridgehead atoms. The standard InChI is InChI=1S/C15H27NO2/c1-2-4-10-16(11-5-3-1)14-6-8-15(9-7-14)17-12-13-18-15/h14H,1-13H2. The first-order valence-electron chi connectivity index (χ1n) is 7.90. The lowest BCUT2D eigenvalue weighted by Gasteiger charge is -2.41. The molecule has 0 N–H and O–H groups in total. The van der Waals surface area contributed by atoms with Crippen molar-refractivity contribution in [3.8, 4) is 0 Å². The van der Waals surface area contributed by atoms with Gasteiger partial charge in [0.1, 0.15) is 0 Å². The Balaban J connectivity index is 1.51. The molecule has 3 heteroatoms. The zero-order chi connectivity index (χ0) is 12.3. The molecule has 1 saturated carbocycles. The second kappa shape index (κ2) is 5.89. The Kier molecular flexibility index (Phi) is 4.22. The molecule has 2 aliphatic heterocycles. The maximum Gasteiger partial charge on any atom is 0.168 e. The molecule has 1 aliphatic carbocycles. The van der Waals surface area contributed by atoms with Gasteiger partial charge in [0.05, 0.1) is 13.2 Å². The van der Waals surface area contributed by atoms with Crippen molar-refractivity contribution in [1.29, 1.82) is 0 Å². The molecule has 2 saturated heterocycles. The van der Waals surface area contributed by atoms with Crippen molar-refractivity contribution < 1.29 is 9.47 Å². The van der Waals surface area contributed by atoms with Gasteiger partial charge in [0.25, 0.3) is 0 Å². The molecule has 0 radical (unpaired) electrons. The first kappa shape index (κ1) is 12.9. The van der Waals surface area contributed by atoms with E-state index in [1.54, 1.807) is 0 Å². The maximum atomic E-state index is 5.82. The summed E-state index contributed by atoms with van der Waals surface area (Å²) in [5.41, 5.74) is 0. The lowest BCUT2D eigenvalue weighted by atomic mass is 9.88. The van der Waals surface area contributed by atoms with E-state index >= 15 is 0 Å². The van der Waals surface area contributed by atoms with E-state index in [0.29, 0.717) is 0 Å². The summed E-state index contributed by atoms with van der Waals surface area (Å²) < 4.78 is 11.6. The molecule has 0 amide bonds. The van der Waals surface area contributed by atoms with Crippen LogP contribution in [0.5, 0.6) is 0 Å². The van der Waals surface area contributed by atoms with Gasteiger partial charge in [-0.25, -0.2) is 0 Å². The third-order valence-electron chi connectivity index (χ3n) is 4.94. The summed E-state index contributed by atoms with van der Waals surface area (Å²) in [7, 11) is 0. The van der Waals surface area contributed by atoms with Crippen molar-refractivity contribution in [2.75, 3.05) is 26.3 Å². The number of hydrogen-bond acceptors (Lipinski definition) is 3. The number of rotatable bonds is 1. The Morgan fingerprint density at radius 3 is 1.94 bits per heavy atom. The van der Waals surface area contributed by atoms with Crippen molar-refractivity contribution in [2.45, 2.75) is 69.6 Å². The number of ether oxygens (including phenoxy) is 2. The van der Waals surface area contributed by atoms with Gasteiger partial charge in [-0.15, -0.1) is 0 Å². The maximum absolute atomic E-state index is 5.82. The highest BCUT2D eigenvalue weighted by atomic mass is 16.7. The molecule has 3 rings (SSSR count). The average molecular weight is 253 g/mol. The van der Waals surface area contributed by atoms with Gasteiger partial charge in [0.15, 0.2) is 5.79 Å². The summed E-state index contributed by atoms with van der Waals surface area (Å²) in [6.45, 7) is 4.24. The summed E-state index contributed by atoms with van der Waals surface area (Å²) in [6.07, 6.45) is 11.8. The molecular weight excluding hydrogens is 226 g/mol. The van der Waals surface area contributed by atoms with Crippen LogP contribution in [0.1, 0.15) is 57.8 Å². The van der Waals surface area contributed by atoms with Crippen LogP contribution in [0.15, 0.2) is 0 Å². The summed E-state index contributed by atoms with van der Waals surface area (Å²) >= 11 is 0. The lowest BCUT2D eigenvalue weighted by molar-refractivity contribution is -0.184. The van der Waals surface area contributed by atoms with Gasteiger partial charge in [0, 0.05) is 18.9 Å². The van der Waals surface area contributed by atoms with Crippen LogP contribution in [0.25, 0.3) is 0 Å². The van der Waals surface area contributed by atoms with E-state index in [1.165, 1.54) is 58.0 Å². The molecule has 1 spiro atoms. The van der Waals surface area contributed by atoms with Crippen molar-refractivity contribution in [1.82, 2.24) is 4.90 Å². The van der Waals surface area contributed by atoms with Crippen LogP contribution in [0.3, 0.4) is 0 Å². The summed E-state index contributed by atoms with van der Waals surface area (Å²) in [4.78, 5) is 2.75.